The maximum absolute atomic E-state index is 5.59. The maximum atomic E-state index is 5.59. The molecule has 0 spiro atoms. The first kappa shape index (κ1) is 10.7. The van der Waals surface area contributed by atoms with Gasteiger partial charge in [-0.1, -0.05) is 0 Å². The fourth-order valence-corrected chi connectivity index (χ4v) is 1.80. The van der Waals surface area contributed by atoms with Gasteiger partial charge in [-0.25, -0.2) is 0 Å². The van der Waals surface area contributed by atoms with Crippen molar-refractivity contribution in [3.63, 3.8) is 0 Å². The number of nitrogens with one attached hydrogen (secondary N) is 1. The van der Waals surface area contributed by atoms with Crippen LogP contribution in [0.15, 0.2) is 0 Å². The highest BCUT2D eigenvalue weighted by molar-refractivity contribution is 7.80. The van der Waals surface area contributed by atoms with Crippen molar-refractivity contribution in [3.05, 3.63) is 0 Å². The molecule has 1 fully saturated rings. The van der Waals surface area contributed by atoms with Gasteiger partial charge in [0.25, 0.3) is 0 Å². The van der Waals surface area contributed by atoms with Crippen LogP contribution < -0.4 is 5.32 Å². The number of morpholine rings is 1. The monoisotopic (exact) mass is 202 g/mol. The van der Waals surface area contributed by atoms with Gasteiger partial charge < -0.3 is 15.0 Å². The second kappa shape index (κ2) is 3.80. The molecule has 1 heterocycles. The number of hydrogen-bond acceptors (Lipinski definition) is 2. The van der Waals surface area contributed by atoms with Gasteiger partial charge >= 0.3 is 0 Å². The molecule has 1 aliphatic heterocycles. The first-order valence-corrected chi connectivity index (χ1v) is 4.99. The predicted molar refractivity (Wildman–Crippen MR) is 57.9 cm³/mol. The summed E-state index contributed by atoms with van der Waals surface area (Å²) in [6.45, 7) is 7.95. The summed E-state index contributed by atoms with van der Waals surface area (Å²) in [5.41, 5.74) is 0.00655. The minimum Gasteiger partial charge on any atom is -0.374 e. The summed E-state index contributed by atoms with van der Waals surface area (Å²) in [7, 11) is 1.86. The fourth-order valence-electron chi connectivity index (χ4n) is 1.47. The number of rotatable bonds is 0. The van der Waals surface area contributed by atoms with Crippen molar-refractivity contribution in [1.29, 1.82) is 0 Å². The van der Waals surface area contributed by atoms with Crippen LogP contribution in [0.4, 0.5) is 0 Å². The van der Waals surface area contributed by atoms with E-state index < -0.39 is 0 Å². The van der Waals surface area contributed by atoms with Crippen LogP contribution in [0.1, 0.15) is 20.8 Å². The number of hydrogen-bond donors (Lipinski definition) is 1. The van der Waals surface area contributed by atoms with Crippen LogP contribution in [0.3, 0.4) is 0 Å². The molecule has 0 bridgehead atoms. The van der Waals surface area contributed by atoms with E-state index in [0.29, 0.717) is 0 Å². The Kier molecular flexibility index (Phi) is 3.14. The normalized spacial score (nSPS) is 27.1. The molecule has 1 atom stereocenters. The first-order valence-electron chi connectivity index (χ1n) is 4.58. The van der Waals surface area contributed by atoms with Crippen molar-refractivity contribution in [2.45, 2.75) is 32.4 Å². The Balaban J connectivity index is 2.72. The van der Waals surface area contributed by atoms with Crippen molar-refractivity contribution in [1.82, 2.24) is 10.2 Å². The quantitative estimate of drug-likeness (QED) is 0.592. The van der Waals surface area contributed by atoms with Crippen molar-refractivity contribution < 1.29 is 4.74 Å². The lowest BCUT2D eigenvalue weighted by molar-refractivity contribution is -0.0614. The van der Waals surface area contributed by atoms with E-state index in [2.05, 4.69) is 31.0 Å². The Hall–Kier alpha value is -0.350. The van der Waals surface area contributed by atoms with E-state index in [1.54, 1.807) is 0 Å². The minimum atomic E-state index is 0.00655. The molecular weight excluding hydrogens is 184 g/mol. The van der Waals surface area contributed by atoms with Gasteiger partial charge in [0.05, 0.1) is 18.2 Å². The molecular formula is C9H18N2OS. The van der Waals surface area contributed by atoms with E-state index >= 15 is 0 Å². The molecule has 0 aromatic carbocycles. The lowest BCUT2D eigenvalue weighted by atomic mass is 10.0. The summed E-state index contributed by atoms with van der Waals surface area (Å²) >= 11 is 5.24. The highest BCUT2D eigenvalue weighted by Crippen LogP contribution is 2.21. The molecule has 0 radical (unpaired) electrons. The predicted octanol–water partition coefficient (Wildman–Crippen LogP) is 0.990. The summed E-state index contributed by atoms with van der Waals surface area (Å²) in [6.07, 6.45) is 0.263. The molecule has 0 aromatic heterocycles. The Morgan fingerprint density at radius 3 is 2.77 bits per heavy atom. The van der Waals surface area contributed by atoms with Gasteiger partial charge in [0.15, 0.2) is 5.11 Å². The molecule has 3 nitrogen and oxygen atoms in total. The highest BCUT2D eigenvalue weighted by Gasteiger charge is 2.34. The molecule has 1 N–H and O–H groups in total. The topological polar surface area (TPSA) is 24.5 Å². The summed E-state index contributed by atoms with van der Waals surface area (Å²) in [5.74, 6) is 0. The van der Waals surface area contributed by atoms with Crippen LogP contribution in [0.5, 0.6) is 0 Å². The van der Waals surface area contributed by atoms with Crippen LogP contribution in [0.2, 0.25) is 0 Å². The molecule has 13 heavy (non-hydrogen) atoms. The zero-order chi connectivity index (χ0) is 10.1. The fraction of sp³-hybridized carbons (Fsp3) is 0.889. The average Bonchev–Trinajstić information content (AvgIpc) is 2.08. The Morgan fingerprint density at radius 2 is 2.23 bits per heavy atom. The highest BCUT2D eigenvalue weighted by atomic mass is 32.1. The van der Waals surface area contributed by atoms with Crippen LogP contribution in [-0.2, 0) is 4.74 Å². The van der Waals surface area contributed by atoms with Gasteiger partial charge in [-0.3, -0.25) is 0 Å². The van der Waals surface area contributed by atoms with Crippen molar-refractivity contribution in [2.75, 3.05) is 20.2 Å². The van der Waals surface area contributed by atoms with E-state index in [-0.39, 0.29) is 11.6 Å². The van der Waals surface area contributed by atoms with Gasteiger partial charge in [0.2, 0.25) is 0 Å². The van der Waals surface area contributed by atoms with E-state index in [1.165, 1.54) is 0 Å². The van der Waals surface area contributed by atoms with Crippen LogP contribution in [0, 0.1) is 0 Å². The third-order valence-electron chi connectivity index (χ3n) is 2.35. The Labute approximate surface area is 85.4 Å². The number of thiocarbonyl (C=S) groups is 1. The summed E-state index contributed by atoms with van der Waals surface area (Å²) in [4.78, 5) is 2.19. The van der Waals surface area contributed by atoms with Crippen LogP contribution in [0.25, 0.3) is 0 Å². The van der Waals surface area contributed by atoms with Crippen molar-refractivity contribution in [2.24, 2.45) is 0 Å². The van der Waals surface area contributed by atoms with Gasteiger partial charge in [-0.15, -0.1) is 0 Å². The van der Waals surface area contributed by atoms with Gasteiger partial charge in [0, 0.05) is 13.6 Å². The van der Waals surface area contributed by atoms with Gasteiger partial charge in [0.1, 0.15) is 0 Å². The van der Waals surface area contributed by atoms with Crippen molar-refractivity contribution in [3.8, 4) is 0 Å². The molecule has 0 saturated carbocycles. The third-order valence-corrected chi connectivity index (χ3v) is 2.77. The molecule has 76 valence electrons. The molecule has 0 aliphatic carbocycles. The molecule has 1 saturated heterocycles. The van der Waals surface area contributed by atoms with E-state index in [0.717, 1.165) is 18.3 Å². The maximum Gasteiger partial charge on any atom is 0.169 e. The minimum absolute atomic E-state index is 0.00655. The van der Waals surface area contributed by atoms with E-state index in [9.17, 15) is 0 Å². The lowest BCUT2D eigenvalue weighted by Crippen LogP contribution is -2.59. The molecule has 0 amide bonds. The lowest BCUT2D eigenvalue weighted by Gasteiger charge is -2.45. The molecule has 1 rings (SSSR count). The SMILES string of the molecule is CNC(=S)N1CC(C)OCC1(C)C. The molecule has 1 unspecified atom stereocenters. The van der Waals surface area contributed by atoms with Crippen molar-refractivity contribution >= 4 is 17.3 Å². The molecule has 0 aromatic rings. The van der Waals surface area contributed by atoms with Crippen LogP contribution in [-0.4, -0.2) is 41.9 Å². The second-order valence-electron chi connectivity index (χ2n) is 4.10. The second-order valence-corrected chi connectivity index (χ2v) is 4.49. The zero-order valence-corrected chi connectivity index (χ0v) is 9.57. The standard InChI is InChI=1S/C9H18N2OS/c1-7-5-11(8(13)10-4)9(2,3)6-12-7/h7H,5-6H2,1-4H3,(H,10,13). The number of nitrogens with zero attached hydrogens (tertiary/aromatic N) is 1. The Bertz CT molecular complexity index is 206. The van der Waals surface area contributed by atoms with Gasteiger partial charge in [-0.05, 0) is 33.0 Å². The van der Waals surface area contributed by atoms with E-state index in [4.69, 9.17) is 17.0 Å². The van der Waals surface area contributed by atoms with Gasteiger partial charge in [-0.2, -0.15) is 0 Å². The summed E-state index contributed by atoms with van der Waals surface area (Å²) in [6, 6.07) is 0. The summed E-state index contributed by atoms with van der Waals surface area (Å²) < 4.78 is 5.59. The smallest absolute Gasteiger partial charge is 0.169 e. The Morgan fingerprint density at radius 1 is 1.62 bits per heavy atom. The van der Waals surface area contributed by atoms with Crippen LogP contribution >= 0.6 is 12.2 Å². The summed E-state index contributed by atoms with van der Waals surface area (Å²) in [5, 5.41) is 3.82. The average molecular weight is 202 g/mol. The first-order chi connectivity index (χ1) is 5.97. The molecule has 1 aliphatic rings. The number of ether oxygens (including phenoxy) is 1. The zero-order valence-electron chi connectivity index (χ0n) is 8.76. The molecule has 4 heteroatoms. The third kappa shape index (κ3) is 2.31. The van der Waals surface area contributed by atoms with E-state index in [1.807, 2.05) is 7.05 Å². The largest absolute Gasteiger partial charge is 0.374 e.